The van der Waals surface area contributed by atoms with Crippen LogP contribution in [0.1, 0.15) is 34.0 Å². The van der Waals surface area contributed by atoms with E-state index in [4.69, 9.17) is 0 Å². The van der Waals surface area contributed by atoms with Crippen molar-refractivity contribution in [1.29, 1.82) is 0 Å². The first-order valence-electron chi connectivity index (χ1n) is 5.91. The lowest BCUT2D eigenvalue weighted by Crippen LogP contribution is -2.01. The van der Waals surface area contributed by atoms with E-state index >= 15 is 0 Å². The third kappa shape index (κ3) is 1.42. The zero-order chi connectivity index (χ0) is 12.0. The van der Waals surface area contributed by atoms with Crippen LogP contribution in [-0.4, -0.2) is 5.78 Å². The van der Waals surface area contributed by atoms with Crippen LogP contribution >= 0.6 is 0 Å². The van der Waals surface area contributed by atoms with Crippen molar-refractivity contribution in [3.8, 4) is 0 Å². The third-order valence-corrected chi connectivity index (χ3v) is 3.56. The SMILES string of the molecule is CC(=O)c1cc2c3c(cccc3c1C)CC=C2. The standard InChI is InChI=1S/C16H14O/c1-10-14-8-4-6-12-5-3-7-13(16(12)14)9-15(10)11(2)17/h3-4,6-9H,5H2,1-2H3. The first-order chi connectivity index (χ1) is 8.18. The molecule has 0 atom stereocenters. The number of rotatable bonds is 1. The Kier molecular flexibility index (Phi) is 2.15. The van der Waals surface area contributed by atoms with Crippen LogP contribution in [-0.2, 0) is 6.42 Å². The maximum absolute atomic E-state index is 11.7. The maximum Gasteiger partial charge on any atom is 0.160 e. The fourth-order valence-corrected chi connectivity index (χ4v) is 2.71. The zero-order valence-corrected chi connectivity index (χ0v) is 10.1. The molecule has 0 unspecified atom stereocenters. The van der Waals surface area contributed by atoms with E-state index in [1.54, 1.807) is 6.92 Å². The predicted molar refractivity (Wildman–Crippen MR) is 71.4 cm³/mol. The van der Waals surface area contributed by atoms with E-state index in [1.165, 1.54) is 21.9 Å². The van der Waals surface area contributed by atoms with Crippen LogP contribution in [0.5, 0.6) is 0 Å². The molecule has 17 heavy (non-hydrogen) atoms. The van der Waals surface area contributed by atoms with Gasteiger partial charge in [0.2, 0.25) is 0 Å². The number of allylic oxidation sites excluding steroid dienone is 1. The van der Waals surface area contributed by atoms with E-state index in [1.807, 2.05) is 13.0 Å². The van der Waals surface area contributed by atoms with Crippen molar-refractivity contribution in [3.05, 3.63) is 52.6 Å². The van der Waals surface area contributed by atoms with Gasteiger partial charge in [-0.05, 0) is 53.8 Å². The molecule has 0 N–H and O–H groups in total. The van der Waals surface area contributed by atoms with Crippen LogP contribution in [0.25, 0.3) is 16.8 Å². The van der Waals surface area contributed by atoms with Crippen LogP contribution in [0, 0.1) is 6.92 Å². The van der Waals surface area contributed by atoms with Crippen LogP contribution in [0.15, 0.2) is 30.3 Å². The highest BCUT2D eigenvalue weighted by Crippen LogP contribution is 2.32. The minimum absolute atomic E-state index is 0.144. The number of aryl methyl sites for hydroxylation is 1. The lowest BCUT2D eigenvalue weighted by molar-refractivity contribution is 0.101. The van der Waals surface area contributed by atoms with Crippen LogP contribution in [0.4, 0.5) is 0 Å². The number of hydrogen-bond donors (Lipinski definition) is 0. The van der Waals surface area contributed by atoms with E-state index < -0.39 is 0 Å². The number of carbonyl (C=O) groups is 1. The van der Waals surface area contributed by atoms with Crippen molar-refractivity contribution < 1.29 is 4.79 Å². The molecule has 1 nitrogen and oxygen atoms in total. The van der Waals surface area contributed by atoms with Gasteiger partial charge in [-0.3, -0.25) is 4.79 Å². The lowest BCUT2D eigenvalue weighted by atomic mass is 9.87. The van der Waals surface area contributed by atoms with Crippen LogP contribution < -0.4 is 0 Å². The van der Waals surface area contributed by atoms with E-state index in [-0.39, 0.29) is 5.78 Å². The number of hydrogen-bond acceptors (Lipinski definition) is 1. The monoisotopic (exact) mass is 222 g/mol. The minimum atomic E-state index is 0.144. The van der Waals surface area contributed by atoms with Gasteiger partial charge in [0, 0.05) is 5.56 Å². The molecule has 0 saturated carbocycles. The fraction of sp³-hybridized carbons (Fsp3) is 0.188. The molecule has 0 saturated heterocycles. The van der Waals surface area contributed by atoms with E-state index in [9.17, 15) is 4.79 Å². The fourth-order valence-electron chi connectivity index (χ4n) is 2.71. The average molecular weight is 222 g/mol. The summed E-state index contributed by atoms with van der Waals surface area (Å²) in [5.41, 5.74) is 4.49. The van der Waals surface area contributed by atoms with Crippen LogP contribution in [0.3, 0.4) is 0 Å². The van der Waals surface area contributed by atoms with Gasteiger partial charge in [-0.15, -0.1) is 0 Å². The van der Waals surface area contributed by atoms with Gasteiger partial charge in [-0.25, -0.2) is 0 Å². The van der Waals surface area contributed by atoms with Crippen molar-refractivity contribution in [3.63, 3.8) is 0 Å². The summed E-state index contributed by atoms with van der Waals surface area (Å²) >= 11 is 0. The molecule has 1 aliphatic rings. The number of ketones is 1. The Labute approximate surface area is 101 Å². The second-order valence-corrected chi connectivity index (χ2v) is 4.64. The number of carbonyl (C=O) groups excluding carboxylic acids is 1. The summed E-state index contributed by atoms with van der Waals surface area (Å²) in [5.74, 6) is 0.144. The highest BCUT2D eigenvalue weighted by molar-refractivity contribution is 6.05. The van der Waals surface area contributed by atoms with Gasteiger partial charge in [-0.2, -0.15) is 0 Å². The second kappa shape index (κ2) is 3.56. The molecule has 0 heterocycles. The Hall–Kier alpha value is -1.89. The van der Waals surface area contributed by atoms with Gasteiger partial charge in [0.05, 0.1) is 0 Å². The van der Waals surface area contributed by atoms with Crippen LogP contribution in [0.2, 0.25) is 0 Å². The molecule has 0 fully saturated rings. The molecule has 84 valence electrons. The first kappa shape index (κ1) is 10.3. The summed E-state index contributed by atoms with van der Waals surface area (Å²) in [4.78, 5) is 11.7. The lowest BCUT2D eigenvalue weighted by Gasteiger charge is -2.16. The summed E-state index contributed by atoms with van der Waals surface area (Å²) < 4.78 is 0. The van der Waals surface area contributed by atoms with E-state index in [0.717, 1.165) is 17.5 Å². The molecule has 1 heteroatoms. The summed E-state index contributed by atoms with van der Waals surface area (Å²) in [6, 6.07) is 8.39. The van der Waals surface area contributed by atoms with Crippen molar-refractivity contribution in [2.75, 3.05) is 0 Å². The van der Waals surface area contributed by atoms with Gasteiger partial charge < -0.3 is 0 Å². The number of benzene rings is 2. The Morgan fingerprint density at radius 1 is 1.29 bits per heavy atom. The summed E-state index contributed by atoms with van der Waals surface area (Å²) in [6.07, 6.45) is 5.28. The van der Waals surface area contributed by atoms with Gasteiger partial charge >= 0.3 is 0 Å². The smallest absolute Gasteiger partial charge is 0.160 e. The minimum Gasteiger partial charge on any atom is -0.295 e. The molecule has 0 radical (unpaired) electrons. The molecule has 0 aliphatic heterocycles. The second-order valence-electron chi connectivity index (χ2n) is 4.64. The molecule has 0 spiro atoms. The maximum atomic E-state index is 11.7. The van der Waals surface area contributed by atoms with Gasteiger partial charge in [0.25, 0.3) is 0 Å². The number of Topliss-reactive ketones (excluding diaryl/α,β-unsaturated/α-hetero) is 1. The highest BCUT2D eigenvalue weighted by Gasteiger charge is 2.14. The van der Waals surface area contributed by atoms with E-state index in [2.05, 4.69) is 30.4 Å². The largest absolute Gasteiger partial charge is 0.295 e. The quantitative estimate of drug-likeness (QED) is 0.668. The molecule has 0 amide bonds. The highest BCUT2D eigenvalue weighted by atomic mass is 16.1. The topological polar surface area (TPSA) is 17.1 Å². The Bertz CT molecular complexity index is 663. The van der Waals surface area contributed by atoms with Gasteiger partial charge in [0.1, 0.15) is 0 Å². The predicted octanol–water partition coefficient (Wildman–Crippen LogP) is 3.92. The third-order valence-electron chi connectivity index (χ3n) is 3.56. The summed E-state index contributed by atoms with van der Waals surface area (Å²) in [5, 5.41) is 2.53. The van der Waals surface area contributed by atoms with Crippen molar-refractivity contribution in [2.24, 2.45) is 0 Å². The molecule has 1 aliphatic carbocycles. The molecule has 2 aromatic carbocycles. The van der Waals surface area contributed by atoms with E-state index in [0.29, 0.717) is 0 Å². The Morgan fingerprint density at radius 3 is 2.88 bits per heavy atom. The van der Waals surface area contributed by atoms with Gasteiger partial charge in [-0.1, -0.05) is 30.4 Å². The van der Waals surface area contributed by atoms with Crippen molar-refractivity contribution >= 4 is 22.6 Å². The molecule has 0 bridgehead atoms. The molecule has 2 aromatic rings. The average Bonchev–Trinajstić information content (AvgIpc) is 2.33. The van der Waals surface area contributed by atoms with Gasteiger partial charge in [0.15, 0.2) is 5.78 Å². The Balaban J connectivity index is 2.50. The van der Waals surface area contributed by atoms with Crippen molar-refractivity contribution in [1.82, 2.24) is 0 Å². The Morgan fingerprint density at radius 2 is 2.12 bits per heavy atom. The van der Waals surface area contributed by atoms with Crippen molar-refractivity contribution in [2.45, 2.75) is 20.3 Å². The zero-order valence-electron chi connectivity index (χ0n) is 10.1. The first-order valence-corrected chi connectivity index (χ1v) is 5.91. The summed E-state index contributed by atoms with van der Waals surface area (Å²) in [6.45, 7) is 3.68. The molecular formula is C16H14O. The normalized spacial score (nSPS) is 13.1. The molecule has 0 aromatic heterocycles. The molecule has 3 rings (SSSR count). The summed E-state index contributed by atoms with van der Waals surface area (Å²) in [7, 11) is 0. The molecular weight excluding hydrogens is 208 g/mol.